The predicted octanol–water partition coefficient (Wildman–Crippen LogP) is 4.84. The van der Waals surface area contributed by atoms with Gasteiger partial charge in [0.2, 0.25) is 0 Å². The maximum absolute atomic E-state index is 5.77. The van der Waals surface area contributed by atoms with Crippen LogP contribution in [0.1, 0.15) is 27.9 Å². The van der Waals surface area contributed by atoms with Crippen LogP contribution in [0.5, 0.6) is 11.5 Å². The lowest BCUT2D eigenvalue weighted by atomic mass is 10.0. The second-order valence-electron chi connectivity index (χ2n) is 5.35. The molecule has 3 heteroatoms. The Bertz CT molecular complexity index is 624. The number of aryl methyl sites for hydroxylation is 1. The molecule has 2 aromatic rings. The Labute approximate surface area is 134 Å². The Balaban J connectivity index is 1.80. The van der Waals surface area contributed by atoms with E-state index in [0.29, 0.717) is 0 Å². The largest absolute Gasteiger partial charge is 0.490 e. The summed E-state index contributed by atoms with van der Waals surface area (Å²) in [4.78, 5) is 0.274. The minimum atomic E-state index is 0.274. The van der Waals surface area contributed by atoms with Gasteiger partial charge in [0.25, 0.3) is 0 Å². The van der Waals surface area contributed by atoms with E-state index in [1.807, 2.05) is 6.07 Å². The van der Waals surface area contributed by atoms with E-state index < -0.39 is 0 Å². The lowest BCUT2D eigenvalue weighted by Gasteiger charge is -2.15. The summed E-state index contributed by atoms with van der Waals surface area (Å²) in [6.45, 7) is 3.61. The summed E-state index contributed by atoms with van der Waals surface area (Å²) in [5.74, 6) is 1.71. The molecule has 0 aliphatic carbocycles. The SMILES string of the molecule is Cc1ccccc1CC(Br)c1ccc2c(c1)OCCCO2. The van der Waals surface area contributed by atoms with E-state index in [-0.39, 0.29) is 4.83 Å². The molecule has 0 bridgehead atoms. The van der Waals surface area contributed by atoms with Crippen LogP contribution in [0.4, 0.5) is 0 Å². The Hall–Kier alpha value is -1.48. The Morgan fingerprint density at radius 1 is 1.05 bits per heavy atom. The minimum absolute atomic E-state index is 0.274. The van der Waals surface area contributed by atoms with Crippen LogP contribution < -0.4 is 9.47 Å². The van der Waals surface area contributed by atoms with Crippen molar-refractivity contribution in [3.8, 4) is 11.5 Å². The van der Waals surface area contributed by atoms with Crippen molar-refractivity contribution < 1.29 is 9.47 Å². The molecule has 1 aliphatic rings. The highest BCUT2D eigenvalue weighted by Crippen LogP contribution is 2.36. The van der Waals surface area contributed by atoms with E-state index in [1.165, 1.54) is 16.7 Å². The number of benzene rings is 2. The molecule has 21 heavy (non-hydrogen) atoms. The fourth-order valence-corrected chi connectivity index (χ4v) is 3.16. The lowest BCUT2D eigenvalue weighted by Crippen LogP contribution is -1.99. The number of hydrogen-bond donors (Lipinski definition) is 0. The molecule has 3 rings (SSSR count). The van der Waals surface area contributed by atoms with Crippen molar-refractivity contribution in [2.75, 3.05) is 13.2 Å². The second kappa shape index (κ2) is 6.52. The van der Waals surface area contributed by atoms with Crippen LogP contribution >= 0.6 is 15.9 Å². The molecular weight excluding hydrogens is 328 g/mol. The first-order valence-electron chi connectivity index (χ1n) is 7.32. The second-order valence-corrected chi connectivity index (χ2v) is 6.46. The fourth-order valence-electron chi connectivity index (χ4n) is 2.52. The van der Waals surface area contributed by atoms with Gasteiger partial charge in [-0.25, -0.2) is 0 Å². The molecular formula is C18H19BrO2. The molecule has 110 valence electrons. The Morgan fingerprint density at radius 2 is 1.81 bits per heavy atom. The number of fused-ring (bicyclic) bond motifs is 1. The van der Waals surface area contributed by atoms with Crippen LogP contribution in [0.25, 0.3) is 0 Å². The van der Waals surface area contributed by atoms with Crippen LogP contribution in [0.2, 0.25) is 0 Å². The van der Waals surface area contributed by atoms with Gasteiger partial charge in [-0.15, -0.1) is 0 Å². The Morgan fingerprint density at radius 3 is 2.62 bits per heavy atom. The number of rotatable bonds is 3. The Kier molecular flexibility index (Phi) is 4.49. The molecule has 0 fully saturated rings. The van der Waals surface area contributed by atoms with Gasteiger partial charge >= 0.3 is 0 Å². The zero-order valence-electron chi connectivity index (χ0n) is 12.1. The van der Waals surface area contributed by atoms with Crippen LogP contribution in [0.15, 0.2) is 42.5 Å². The summed E-state index contributed by atoms with van der Waals surface area (Å²) >= 11 is 3.81. The third-order valence-electron chi connectivity index (χ3n) is 3.79. The fraction of sp³-hybridized carbons (Fsp3) is 0.333. The van der Waals surface area contributed by atoms with Crippen molar-refractivity contribution in [2.24, 2.45) is 0 Å². The van der Waals surface area contributed by atoms with Gasteiger partial charge in [0.1, 0.15) is 0 Å². The average Bonchev–Trinajstić information content (AvgIpc) is 2.74. The van der Waals surface area contributed by atoms with Crippen LogP contribution in [0, 0.1) is 6.92 Å². The molecule has 0 saturated carbocycles. The molecule has 0 radical (unpaired) electrons. The molecule has 0 N–H and O–H groups in total. The summed E-state index contributed by atoms with van der Waals surface area (Å²) in [6.07, 6.45) is 1.90. The van der Waals surface area contributed by atoms with Gasteiger partial charge in [0.15, 0.2) is 11.5 Å². The van der Waals surface area contributed by atoms with Gasteiger partial charge in [-0.2, -0.15) is 0 Å². The monoisotopic (exact) mass is 346 g/mol. The van der Waals surface area contributed by atoms with Crippen molar-refractivity contribution >= 4 is 15.9 Å². The van der Waals surface area contributed by atoms with E-state index in [2.05, 4.69) is 59.3 Å². The van der Waals surface area contributed by atoms with E-state index in [4.69, 9.17) is 9.47 Å². The van der Waals surface area contributed by atoms with E-state index in [9.17, 15) is 0 Å². The highest BCUT2D eigenvalue weighted by atomic mass is 79.9. The van der Waals surface area contributed by atoms with Gasteiger partial charge in [-0.3, -0.25) is 0 Å². The first-order chi connectivity index (χ1) is 10.2. The van der Waals surface area contributed by atoms with E-state index in [1.54, 1.807) is 0 Å². The van der Waals surface area contributed by atoms with E-state index >= 15 is 0 Å². The normalized spacial score (nSPS) is 15.3. The zero-order valence-corrected chi connectivity index (χ0v) is 13.7. The summed E-state index contributed by atoms with van der Waals surface area (Å²) in [5.41, 5.74) is 3.92. The summed E-state index contributed by atoms with van der Waals surface area (Å²) < 4.78 is 11.4. The number of hydrogen-bond acceptors (Lipinski definition) is 2. The smallest absolute Gasteiger partial charge is 0.161 e. The van der Waals surface area contributed by atoms with Crippen molar-refractivity contribution in [1.29, 1.82) is 0 Å². The quantitative estimate of drug-likeness (QED) is 0.740. The maximum atomic E-state index is 5.77. The molecule has 1 unspecified atom stereocenters. The van der Waals surface area contributed by atoms with Gasteiger partial charge in [-0.05, 0) is 42.2 Å². The van der Waals surface area contributed by atoms with Crippen molar-refractivity contribution in [2.45, 2.75) is 24.6 Å². The maximum Gasteiger partial charge on any atom is 0.161 e. The van der Waals surface area contributed by atoms with Gasteiger partial charge in [0, 0.05) is 11.2 Å². The summed E-state index contributed by atoms with van der Waals surface area (Å²) in [6, 6.07) is 14.7. The van der Waals surface area contributed by atoms with Crippen molar-refractivity contribution in [3.05, 3.63) is 59.2 Å². The van der Waals surface area contributed by atoms with Gasteiger partial charge < -0.3 is 9.47 Å². The van der Waals surface area contributed by atoms with Crippen LogP contribution in [-0.2, 0) is 6.42 Å². The number of halogens is 1. The molecule has 1 aliphatic heterocycles. The predicted molar refractivity (Wildman–Crippen MR) is 88.6 cm³/mol. The topological polar surface area (TPSA) is 18.5 Å². The molecule has 0 amide bonds. The molecule has 1 atom stereocenters. The standard InChI is InChI=1S/C18H19BrO2/c1-13-5-2-3-6-14(13)11-16(19)15-7-8-17-18(12-15)21-10-4-9-20-17/h2-3,5-8,12,16H,4,9-11H2,1H3. The van der Waals surface area contributed by atoms with Crippen LogP contribution in [0.3, 0.4) is 0 Å². The average molecular weight is 347 g/mol. The van der Waals surface area contributed by atoms with Crippen molar-refractivity contribution in [1.82, 2.24) is 0 Å². The molecule has 0 saturated heterocycles. The van der Waals surface area contributed by atoms with Gasteiger partial charge in [-0.1, -0.05) is 46.3 Å². The highest BCUT2D eigenvalue weighted by Gasteiger charge is 2.15. The molecule has 0 spiro atoms. The first kappa shape index (κ1) is 14.5. The molecule has 0 aromatic heterocycles. The molecule has 1 heterocycles. The minimum Gasteiger partial charge on any atom is -0.490 e. The third-order valence-corrected chi connectivity index (χ3v) is 4.65. The number of alkyl halides is 1. The molecule has 2 nitrogen and oxygen atoms in total. The summed E-state index contributed by atoms with van der Waals surface area (Å²) in [7, 11) is 0. The molecule has 2 aromatic carbocycles. The van der Waals surface area contributed by atoms with E-state index in [0.717, 1.165) is 37.6 Å². The first-order valence-corrected chi connectivity index (χ1v) is 8.24. The third kappa shape index (κ3) is 3.41. The number of ether oxygens (including phenoxy) is 2. The lowest BCUT2D eigenvalue weighted by molar-refractivity contribution is 0.297. The highest BCUT2D eigenvalue weighted by molar-refractivity contribution is 9.09. The summed E-state index contributed by atoms with van der Waals surface area (Å²) in [5, 5.41) is 0. The van der Waals surface area contributed by atoms with Crippen LogP contribution in [-0.4, -0.2) is 13.2 Å². The zero-order chi connectivity index (χ0) is 14.7. The van der Waals surface area contributed by atoms with Gasteiger partial charge in [0.05, 0.1) is 13.2 Å². The van der Waals surface area contributed by atoms with Crippen molar-refractivity contribution in [3.63, 3.8) is 0 Å².